The van der Waals surface area contributed by atoms with E-state index in [0.717, 1.165) is 30.9 Å². The molecule has 0 bridgehead atoms. The zero-order chi connectivity index (χ0) is 14.3. The van der Waals surface area contributed by atoms with E-state index in [4.69, 9.17) is 0 Å². The molecule has 106 valence electrons. The van der Waals surface area contributed by atoms with Gasteiger partial charge in [0.2, 0.25) is 5.91 Å². The van der Waals surface area contributed by atoms with Gasteiger partial charge in [-0.2, -0.15) is 14.6 Å². The van der Waals surface area contributed by atoms with Gasteiger partial charge in [0.05, 0.1) is 0 Å². The summed E-state index contributed by atoms with van der Waals surface area (Å²) in [7, 11) is 3.59. The topological polar surface area (TPSA) is 66.6 Å². The van der Waals surface area contributed by atoms with E-state index >= 15 is 0 Å². The van der Waals surface area contributed by atoms with Gasteiger partial charge in [0, 0.05) is 32.4 Å². The summed E-state index contributed by atoms with van der Waals surface area (Å²) in [5.74, 6) is 1.59. The number of amides is 1. The highest BCUT2D eigenvalue weighted by Crippen LogP contribution is 2.26. The largest absolute Gasteiger partial charge is 0.347 e. The zero-order valence-corrected chi connectivity index (χ0v) is 11.9. The van der Waals surface area contributed by atoms with Gasteiger partial charge in [0.15, 0.2) is 0 Å². The number of carbonyl (C=O) groups is 1. The highest BCUT2D eigenvalue weighted by atomic mass is 16.2. The third-order valence-electron chi connectivity index (χ3n) is 3.63. The molecule has 0 unspecified atom stereocenters. The Kier molecular flexibility index (Phi) is 3.04. The first-order valence-corrected chi connectivity index (χ1v) is 6.73. The Morgan fingerprint density at radius 2 is 2.25 bits per heavy atom. The molecule has 0 saturated carbocycles. The Morgan fingerprint density at radius 1 is 1.45 bits per heavy atom. The Labute approximate surface area is 117 Å². The second kappa shape index (κ2) is 4.73. The van der Waals surface area contributed by atoms with Crippen LogP contribution < -0.4 is 4.90 Å². The third kappa shape index (κ3) is 1.99. The molecule has 2 aromatic rings. The first-order chi connectivity index (χ1) is 9.58. The predicted octanol–water partition coefficient (Wildman–Crippen LogP) is 0.490. The van der Waals surface area contributed by atoms with Gasteiger partial charge in [-0.05, 0) is 19.8 Å². The number of fused-ring (bicyclic) bond motifs is 1. The van der Waals surface area contributed by atoms with Crippen molar-refractivity contribution in [2.24, 2.45) is 0 Å². The summed E-state index contributed by atoms with van der Waals surface area (Å²) in [6.07, 6.45) is 3.36. The van der Waals surface area contributed by atoms with Gasteiger partial charge in [-0.1, -0.05) is 0 Å². The van der Waals surface area contributed by atoms with Crippen molar-refractivity contribution in [3.05, 3.63) is 18.1 Å². The van der Waals surface area contributed by atoms with E-state index in [9.17, 15) is 4.79 Å². The molecule has 1 atom stereocenters. The molecule has 7 heteroatoms. The molecule has 1 amide bonds. The number of hydrogen-bond donors (Lipinski definition) is 0. The van der Waals surface area contributed by atoms with E-state index in [1.165, 1.54) is 6.33 Å². The Morgan fingerprint density at radius 3 is 3.00 bits per heavy atom. The Bertz CT molecular complexity index is 649. The van der Waals surface area contributed by atoms with Crippen molar-refractivity contribution >= 4 is 17.5 Å². The molecule has 1 saturated heterocycles. The molecule has 1 fully saturated rings. The van der Waals surface area contributed by atoms with Crippen LogP contribution in [0.3, 0.4) is 0 Å². The Balaban J connectivity index is 2.05. The van der Waals surface area contributed by atoms with Crippen molar-refractivity contribution in [1.29, 1.82) is 0 Å². The molecule has 20 heavy (non-hydrogen) atoms. The normalized spacial score (nSPS) is 18.8. The fourth-order valence-corrected chi connectivity index (χ4v) is 2.71. The summed E-state index contributed by atoms with van der Waals surface area (Å²) in [5, 5.41) is 4.22. The Hall–Kier alpha value is -2.18. The van der Waals surface area contributed by atoms with Gasteiger partial charge < -0.3 is 9.80 Å². The maximum absolute atomic E-state index is 12.3. The van der Waals surface area contributed by atoms with Gasteiger partial charge in [-0.25, -0.2) is 4.98 Å². The molecule has 2 aromatic heterocycles. The minimum absolute atomic E-state index is 0.126. The molecule has 1 aliphatic rings. The van der Waals surface area contributed by atoms with E-state index in [2.05, 4.69) is 20.0 Å². The van der Waals surface area contributed by atoms with Gasteiger partial charge >= 0.3 is 0 Å². The number of carbonyl (C=O) groups excluding carboxylic acids is 1. The van der Waals surface area contributed by atoms with E-state index in [1.54, 1.807) is 23.5 Å². The summed E-state index contributed by atoms with van der Waals surface area (Å²) in [4.78, 5) is 24.5. The summed E-state index contributed by atoms with van der Waals surface area (Å²) >= 11 is 0. The van der Waals surface area contributed by atoms with Crippen LogP contribution in [0.2, 0.25) is 0 Å². The van der Waals surface area contributed by atoms with Crippen molar-refractivity contribution in [2.75, 3.05) is 25.5 Å². The lowest BCUT2D eigenvalue weighted by Gasteiger charge is -2.28. The first kappa shape index (κ1) is 12.8. The molecular formula is C13H18N6O. The van der Waals surface area contributed by atoms with Gasteiger partial charge in [-0.3, -0.25) is 4.79 Å². The van der Waals surface area contributed by atoms with Gasteiger partial charge in [0.1, 0.15) is 18.2 Å². The number of likely N-dealkylation sites (N-methyl/N-ethyl adjacent to an activating group) is 1. The predicted molar refractivity (Wildman–Crippen MR) is 74.6 cm³/mol. The van der Waals surface area contributed by atoms with Gasteiger partial charge in [-0.15, -0.1) is 0 Å². The zero-order valence-electron chi connectivity index (χ0n) is 11.9. The molecule has 7 nitrogen and oxygen atoms in total. The van der Waals surface area contributed by atoms with Crippen LogP contribution in [0.5, 0.6) is 0 Å². The number of anilines is 1. The number of hydrogen-bond acceptors (Lipinski definition) is 5. The molecule has 0 N–H and O–H groups in total. The van der Waals surface area contributed by atoms with Crippen LogP contribution in [0.1, 0.15) is 18.5 Å². The number of rotatable bonds is 2. The van der Waals surface area contributed by atoms with E-state index in [0.29, 0.717) is 5.78 Å². The average molecular weight is 274 g/mol. The maximum Gasteiger partial charge on any atom is 0.254 e. The maximum atomic E-state index is 12.3. The smallest absolute Gasteiger partial charge is 0.254 e. The summed E-state index contributed by atoms with van der Waals surface area (Å²) in [6, 6.07) is 1.84. The highest BCUT2D eigenvalue weighted by Gasteiger charge is 2.33. The molecule has 0 aliphatic carbocycles. The summed E-state index contributed by atoms with van der Waals surface area (Å²) < 4.78 is 1.70. The monoisotopic (exact) mass is 274 g/mol. The fourth-order valence-electron chi connectivity index (χ4n) is 2.71. The molecule has 0 radical (unpaired) electrons. The summed E-state index contributed by atoms with van der Waals surface area (Å²) in [5.41, 5.74) is 0.878. The number of nitrogens with zero attached hydrogens (tertiary/aromatic N) is 6. The van der Waals surface area contributed by atoms with Crippen LogP contribution in [-0.2, 0) is 4.79 Å². The van der Waals surface area contributed by atoms with Gasteiger partial charge in [0.25, 0.3) is 5.78 Å². The van der Waals surface area contributed by atoms with E-state index in [-0.39, 0.29) is 11.9 Å². The van der Waals surface area contributed by atoms with Crippen LogP contribution in [0.4, 0.5) is 5.82 Å². The quantitative estimate of drug-likeness (QED) is 0.797. The SMILES string of the molecule is Cc1cc(N2CCC[C@@H]2C(=O)N(C)C)n2ncnc2n1. The van der Waals surface area contributed by atoms with E-state index in [1.807, 2.05) is 13.0 Å². The fraction of sp³-hybridized carbons (Fsp3) is 0.538. The average Bonchev–Trinajstić information content (AvgIpc) is 3.04. The van der Waals surface area contributed by atoms with Crippen LogP contribution >= 0.6 is 0 Å². The third-order valence-corrected chi connectivity index (χ3v) is 3.63. The van der Waals surface area contributed by atoms with Crippen LogP contribution in [0.25, 0.3) is 5.78 Å². The summed E-state index contributed by atoms with van der Waals surface area (Å²) in [6.45, 7) is 2.78. The molecule has 1 aliphatic heterocycles. The molecule has 0 spiro atoms. The standard InChI is InChI=1S/C13H18N6O/c1-9-7-11(19-13(16-9)14-8-15-19)18-6-4-5-10(18)12(20)17(2)3/h7-8,10H,4-6H2,1-3H3/t10-/m1/s1. The minimum atomic E-state index is -0.126. The minimum Gasteiger partial charge on any atom is -0.347 e. The van der Waals surface area contributed by atoms with Crippen LogP contribution in [-0.4, -0.2) is 57.1 Å². The van der Waals surface area contributed by atoms with Crippen LogP contribution in [0.15, 0.2) is 12.4 Å². The lowest BCUT2D eigenvalue weighted by Crippen LogP contribution is -2.43. The second-order valence-corrected chi connectivity index (χ2v) is 5.31. The number of aryl methyl sites for hydroxylation is 1. The van der Waals surface area contributed by atoms with Crippen molar-refractivity contribution in [3.8, 4) is 0 Å². The highest BCUT2D eigenvalue weighted by molar-refractivity contribution is 5.85. The first-order valence-electron chi connectivity index (χ1n) is 6.73. The molecule has 3 rings (SSSR count). The van der Waals surface area contributed by atoms with Crippen LogP contribution in [0, 0.1) is 6.92 Å². The van der Waals surface area contributed by atoms with E-state index < -0.39 is 0 Å². The van der Waals surface area contributed by atoms with Crippen molar-refractivity contribution < 1.29 is 4.79 Å². The van der Waals surface area contributed by atoms with Crippen molar-refractivity contribution in [2.45, 2.75) is 25.8 Å². The second-order valence-electron chi connectivity index (χ2n) is 5.31. The molecule has 3 heterocycles. The lowest BCUT2D eigenvalue weighted by atomic mass is 10.2. The van der Waals surface area contributed by atoms with Crippen molar-refractivity contribution in [1.82, 2.24) is 24.5 Å². The lowest BCUT2D eigenvalue weighted by molar-refractivity contribution is -0.129. The molecule has 0 aromatic carbocycles. The molecular weight excluding hydrogens is 256 g/mol. The van der Waals surface area contributed by atoms with Crippen molar-refractivity contribution in [3.63, 3.8) is 0 Å². The number of aromatic nitrogens is 4.